The highest BCUT2D eigenvalue weighted by atomic mass is 16.6. The first kappa shape index (κ1) is 23.8. The van der Waals surface area contributed by atoms with Crippen LogP contribution in [0.2, 0.25) is 0 Å². The van der Waals surface area contributed by atoms with Gasteiger partial charge in [0, 0.05) is 37.7 Å². The first-order valence-corrected chi connectivity index (χ1v) is 12.9. The van der Waals surface area contributed by atoms with Crippen LogP contribution in [0.1, 0.15) is 79.1 Å². The maximum atomic E-state index is 12.5. The van der Waals surface area contributed by atoms with Gasteiger partial charge in [0.1, 0.15) is 18.8 Å². The van der Waals surface area contributed by atoms with Crippen molar-refractivity contribution in [2.45, 2.75) is 96.9 Å². The van der Waals surface area contributed by atoms with Gasteiger partial charge < -0.3 is 19.3 Å². The second-order valence-electron chi connectivity index (χ2n) is 12.0. The van der Waals surface area contributed by atoms with E-state index >= 15 is 0 Å². The monoisotopic (exact) mass is 474 g/mol. The van der Waals surface area contributed by atoms with Gasteiger partial charge in [-0.2, -0.15) is 0 Å². The van der Waals surface area contributed by atoms with Crippen molar-refractivity contribution >= 4 is 17.9 Å². The van der Waals surface area contributed by atoms with Crippen molar-refractivity contribution in [2.24, 2.45) is 34.5 Å². The maximum Gasteiger partial charge on any atom is 0.331 e. The van der Waals surface area contributed by atoms with Crippen LogP contribution in [0.15, 0.2) is 11.6 Å². The summed E-state index contributed by atoms with van der Waals surface area (Å²) in [4.78, 5) is 35.4. The summed E-state index contributed by atoms with van der Waals surface area (Å²) in [6, 6.07) is 0. The number of esters is 3. The van der Waals surface area contributed by atoms with Gasteiger partial charge in [0.15, 0.2) is 0 Å². The Morgan fingerprint density at radius 2 is 1.76 bits per heavy atom. The lowest BCUT2D eigenvalue weighted by atomic mass is 9.43. The third-order valence-corrected chi connectivity index (χ3v) is 10.5. The van der Waals surface area contributed by atoms with Crippen LogP contribution in [-0.2, 0) is 28.6 Å². The van der Waals surface area contributed by atoms with Gasteiger partial charge in [-0.1, -0.05) is 13.8 Å². The summed E-state index contributed by atoms with van der Waals surface area (Å²) in [5, 5.41) is 12.5. The van der Waals surface area contributed by atoms with E-state index in [2.05, 4.69) is 13.8 Å². The average molecular weight is 475 g/mol. The zero-order valence-corrected chi connectivity index (χ0v) is 20.8. The Hall–Kier alpha value is -1.89. The second-order valence-corrected chi connectivity index (χ2v) is 12.0. The van der Waals surface area contributed by atoms with E-state index in [1.165, 1.54) is 13.8 Å². The molecule has 5 aliphatic rings. The molecule has 0 aromatic carbocycles. The van der Waals surface area contributed by atoms with E-state index in [9.17, 15) is 19.5 Å². The van der Waals surface area contributed by atoms with E-state index in [-0.39, 0.29) is 47.9 Å². The maximum absolute atomic E-state index is 12.5. The third-order valence-electron chi connectivity index (χ3n) is 10.5. The number of cyclic esters (lactones) is 1. The minimum atomic E-state index is -0.978. The highest BCUT2D eigenvalue weighted by molar-refractivity contribution is 5.85. The molecule has 7 nitrogen and oxygen atoms in total. The van der Waals surface area contributed by atoms with Crippen LogP contribution in [0, 0.1) is 34.5 Å². The Morgan fingerprint density at radius 1 is 1.03 bits per heavy atom. The van der Waals surface area contributed by atoms with Gasteiger partial charge in [0.25, 0.3) is 0 Å². The number of fused-ring (bicyclic) bond motifs is 5. The Kier molecular flexibility index (Phi) is 5.66. The fourth-order valence-electron chi connectivity index (χ4n) is 9.08. The predicted molar refractivity (Wildman–Crippen MR) is 122 cm³/mol. The summed E-state index contributed by atoms with van der Waals surface area (Å²) < 4.78 is 16.6. The number of carbonyl (C=O) groups is 3. The number of aliphatic hydroxyl groups is 1. The zero-order chi connectivity index (χ0) is 24.5. The molecule has 1 heterocycles. The minimum absolute atomic E-state index is 0.000108. The standard InChI is InChI=1S/C27H38O7/c1-15(28)33-19-7-9-25(3)18(12-19)5-6-21-20(25)8-10-26(4)24(17-11-23(30)32-14-17)22(34-16(2)29)13-27(21,26)31/h11,18-22,24,31H,5-10,12-14H2,1-4H3/t18-,19-,20-,21+,22-,24-,25-,26+,27-/m0/s1. The molecule has 5 rings (SSSR count). The number of carbonyl (C=O) groups excluding carboxylic acids is 3. The smallest absolute Gasteiger partial charge is 0.331 e. The van der Waals surface area contributed by atoms with Crippen molar-refractivity contribution in [1.29, 1.82) is 0 Å². The summed E-state index contributed by atoms with van der Waals surface area (Å²) in [5.74, 6) is -0.190. The Bertz CT molecular complexity index is 926. The van der Waals surface area contributed by atoms with Crippen LogP contribution >= 0.6 is 0 Å². The van der Waals surface area contributed by atoms with E-state index in [0.717, 1.165) is 50.5 Å². The lowest BCUT2D eigenvalue weighted by Crippen LogP contribution is -2.62. The van der Waals surface area contributed by atoms with E-state index in [0.29, 0.717) is 18.3 Å². The number of rotatable bonds is 3. The molecule has 4 aliphatic carbocycles. The van der Waals surface area contributed by atoms with E-state index in [4.69, 9.17) is 14.2 Å². The molecule has 4 saturated carbocycles. The molecule has 0 bridgehead atoms. The van der Waals surface area contributed by atoms with Crippen molar-refractivity contribution in [2.75, 3.05) is 6.61 Å². The second kappa shape index (κ2) is 8.07. The zero-order valence-electron chi connectivity index (χ0n) is 20.8. The minimum Gasteiger partial charge on any atom is -0.463 e. The first-order chi connectivity index (χ1) is 16.0. The Balaban J connectivity index is 1.46. The van der Waals surface area contributed by atoms with Gasteiger partial charge in [-0.3, -0.25) is 9.59 Å². The van der Waals surface area contributed by atoms with E-state index in [1.54, 1.807) is 6.08 Å². The molecule has 7 heteroatoms. The van der Waals surface area contributed by atoms with Gasteiger partial charge in [0.2, 0.25) is 0 Å². The van der Waals surface area contributed by atoms with E-state index in [1.807, 2.05) is 0 Å². The SMILES string of the molecule is CC(=O)O[C@H]1CC[C@@]2(C)[C@@H](CC[C@@H]3[C@@H]2CC[C@]2(C)[C@@H](C4=CC(=O)OC4)[C@@H](OC(C)=O)C[C@]32O)C1. The summed E-state index contributed by atoms with van der Waals surface area (Å²) in [6.07, 6.45) is 7.98. The quantitative estimate of drug-likeness (QED) is 0.492. The van der Waals surface area contributed by atoms with Crippen molar-refractivity contribution in [3.05, 3.63) is 11.6 Å². The predicted octanol–water partition coefficient (Wildman–Crippen LogP) is 3.72. The van der Waals surface area contributed by atoms with Gasteiger partial charge in [0.05, 0.1) is 5.60 Å². The summed E-state index contributed by atoms with van der Waals surface area (Å²) in [6.45, 7) is 7.61. The summed E-state index contributed by atoms with van der Waals surface area (Å²) in [7, 11) is 0. The highest BCUT2D eigenvalue weighted by Crippen LogP contribution is 2.70. The lowest BCUT2D eigenvalue weighted by Gasteiger charge is -2.63. The Morgan fingerprint density at radius 3 is 2.41 bits per heavy atom. The van der Waals surface area contributed by atoms with Gasteiger partial charge in [-0.15, -0.1) is 0 Å². The molecule has 4 fully saturated rings. The van der Waals surface area contributed by atoms with Gasteiger partial charge in [-0.25, -0.2) is 4.79 Å². The van der Waals surface area contributed by atoms with Crippen LogP contribution in [0.25, 0.3) is 0 Å². The first-order valence-electron chi connectivity index (χ1n) is 12.9. The molecule has 0 amide bonds. The Labute approximate surface area is 201 Å². The van der Waals surface area contributed by atoms with Crippen molar-refractivity contribution < 1.29 is 33.7 Å². The molecule has 0 aromatic rings. The number of hydrogen-bond donors (Lipinski definition) is 1. The highest BCUT2D eigenvalue weighted by Gasteiger charge is 2.71. The molecule has 1 aliphatic heterocycles. The van der Waals surface area contributed by atoms with E-state index < -0.39 is 17.1 Å². The molecule has 0 saturated heterocycles. The van der Waals surface area contributed by atoms with Crippen molar-refractivity contribution in [3.8, 4) is 0 Å². The topological polar surface area (TPSA) is 99.1 Å². The number of hydrogen-bond acceptors (Lipinski definition) is 7. The van der Waals surface area contributed by atoms with Crippen LogP contribution in [0.4, 0.5) is 0 Å². The average Bonchev–Trinajstić information content (AvgIpc) is 3.25. The molecule has 0 aromatic heterocycles. The molecule has 0 unspecified atom stereocenters. The fourth-order valence-corrected chi connectivity index (χ4v) is 9.08. The molecule has 9 atom stereocenters. The lowest BCUT2D eigenvalue weighted by molar-refractivity contribution is -0.210. The molecular weight excluding hydrogens is 436 g/mol. The van der Waals surface area contributed by atoms with Crippen LogP contribution in [-0.4, -0.2) is 47.4 Å². The third kappa shape index (κ3) is 3.44. The molecule has 0 radical (unpaired) electrons. The molecule has 34 heavy (non-hydrogen) atoms. The molecular formula is C27H38O7. The van der Waals surface area contributed by atoms with Crippen LogP contribution < -0.4 is 0 Å². The molecule has 188 valence electrons. The van der Waals surface area contributed by atoms with Crippen molar-refractivity contribution in [1.82, 2.24) is 0 Å². The van der Waals surface area contributed by atoms with Crippen molar-refractivity contribution in [3.63, 3.8) is 0 Å². The normalized spacial score (nSPS) is 47.6. The van der Waals surface area contributed by atoms with Gasteiger partial charge >= 0.3 is 17.9 Å². The van der Waals surface area contributed by atoms with Crippen LogP contribution in [0.3, 0.4) is 0 Å². The fraction of sp³-hybridized carbons (Fsp3) is 0.815. The molecule has 1 N–H and O–H groups in total. The van der Waals surface area contributed by atoms with Crippen LogP contribution in [0.5, 0.6) is 0 Å². The summed E-state index contributed by atoms with van der Waals surface area (Å²) >= 11 is 0. The molecule has 0 spiro atoms. The summed E-state index contributed by atoms with van der Waals surface area (Å²) in [5.41, 5.74) is -0.535. The number of ether oxygens (including phenoxy) is 3. The largest absolute Gasteiger partial charge is 0.463 e. The van der Waals surface area contributed by atoms with Gasteiger partial charge in [-0.05, 0) is 73.7 Å².